The van der Waals surface area contributed by atoms with Crippen molar-refractivity contribution >= 4 is 5.71 Å². The van der Waals surface area contributed by atoms with Crippen LogP contribution in [0, 0.1) is 0 Å². The van der Waals surface area contributed by atoms with Gasteiger partial charge >= 0.3 is 0 Å². The number of benzene rings is 1. The third-order valence-electron chi connectivity index (χ3n) is 2.68. The first kappa shape index (κ1) is 9.45. The van der Waals surface area contributed by atoms with Crippen LogP contribution in [0.1, 0.15) is 38.2 Å². The lowest BCUT2D eigenvalue weighted by Gasteiger charge is -2.29. The van der Waals surface area contributed by atoms with Crippen LogP contribution in [-0.4, -0.2) is 11.8 Å². The van der Waals surface area contributed by atoms with Gasteiger partial charge in [-0.15, -0.1) is 0 Å². The largest absolute Gasteiger partial charge is 0.291 e. The molecule has 1 heteroatoms. The molecule has 0 spiro atoms. The Bertz CT molecular complexity index is 316. The van der Waals surface area contributed by atoms with Gasteiger partial charge in [0.25, 0.3) is 0 Å². The Labute approximate surface area is 85.9 Å². The lowest BCUT2D eigenvalue weighted by molar-refractivity contribution is 0.643. The number of nitrogens with zero attached hydrogens (tertiary/aromatic N) is 1. The normalized spacial score (nSPS) is 20.8. The van der Waals surface area contributed by atoms with E-state index in [1.165, 1.54) is 24.1 Å². The molecule has 1 aliphatic rings. The lowest BCUT2D eigenvalue weighted by Crippen LogP contribution is -2.22. The SMILES string of the molecule is CC(C)N=C1CC(c2ccccc2)C1. The van der Waals surface area contributed by atoms with Gasteiger partial charge < -0.3 is 0 Å². The minimum Gasteiger partial charge on any atom is -0.291 e. The molecule has 2 rings (SSSR count). The van der Waals surface area contributed by atoms with Gasteiger partial charge in [-0.05, 0) is 38.2 Å². The van der Waals surface area contributed by atoms with Crippen LogP contribution in [0.4, 0.5) is 0 Å². The van der Waals surface area contributed by atoms with Gasteiger partial charge in [0, 0.05) is 11.8 Å². The zero-order valence-electron chi connectivity index (χ0n) is 8.90. The van der Waals surface area contributed by atoms with Crippen LogP contribution in [0.2, 0.25) is 0 Å². The van der Waals surface area contributed by atoms with Gasteiger partial charge in [0.2, 0.25) is 0 Å². The summed E-state index contributed by atoms with van der Waals surface area (Å²) in [6.45, 7) is 4.28. The van der Waals surface area contributed by atoms with E-state index in [2.05, 4.69) is 49.2 Å². The van der Waals surface area contributed by atoms with Gasteiger partial charge in [-0.2, -0.15) is 0 Å². The molecule has 1 aromatic rings. The summed E-state index contributed by atoms with van der Waals surface area (Å²) in [5.41, 5.74) is 2.86. The maximum absolute atomic E-state index is 4.58. The Hall–Kier alpha value is -1.11. The van der Waals surface area contributed by atoms with Gasteiger partial charge in [0.05, 0.1) is 0 Å². The first-order valence-corrected chi connectivity index (χ1v) is 5.36. The van der Waals surface area contributed by atoms with Crippen molar-refractivity contribution in [3.8, 4) is 0 Å². The van der Waals surface area contributed by atoms with Crippen LogP contribution in [0.25, 0.3) is 0 Å². The van der Waals surface area contributed by atoms with Crippen LogP contribution < -0.4 is 0 Å². The van der Waals surface area contributed by atoms with E-state index in [4.69, 9.17) is 0 Å². The van der Waals surface area contributed by atoms with Crippen molar-refractivity contribution in [3.63, 3.8) is 0 Å². The molecule has 14 heavy (non-hydrogen) atoms. The standard InChI is InChI=1S/C13H17N/c1-10(2)14-13-8-12(9-13)11-6-4-3-5-7-11/h3-7,10,12H,8-9H2,1-2H3. The fourth-order valence-corrected chi connectivity index (χ4v) is 1.94. The van der Waals surface area contributed by atoms with Crippen molar-refractivity contribution in [2.45, 2.75) is 38.6 Å². The van der Waals surface area contributed by atoms with Gasteiger partial charge in [-0.1, -0.05) is 30.3 Å². The van der Waals surface area contributed by atoms with Crippen LogP contribution >= 0.6 is 0 Å². The maximum Gasteiger partial charge on any atom is 0.0442 e. The molecule has 0 aliphatic heterocycles. The second kappa shape index (κ2) is 3.95. The quantitative estimate of drug-likeness (QED) is 0.672. The highest BCUT2D eigenvalue weighted by Crippen LogP contribution is 2.34. The molecule has 0 saturated heterocycles. The molecule has 1 aromatic carbocycles. The molecule has 0 heterocycles. The maximum atomic E-state index is 4.58. The van der Waals surface area contributed by atoms with E-state index in [0.717, 1.165) is 5.92 Å². The van der Waals surface area contributed by atoms with E-state index in [9.17, 15) is 0 Å². The molecular formula is C13H17N. The summed E-state index contributed by atoms with van der Waals surface area (Å²) in [6, 6.07) is 11.2. The van der Waals surface area contributed by atoms with Gasteiger partial charge in [-0.25, -0.2) is 0 Å². The number of aliphatic imine (C=N–C) groups is 1. The lowest BCUT2D eigenvalue weighted by atomic mass is 9.78. The Morgan fingerprint density at radius 3 is 2.36 bits per heavy atom. The Kier molecular flexibility index (Phi) is 2.67. The molecule has 0 bridgehead atoms. The average Bonchev–Trinajstić information content (AvgIpc) is 2.12. The minimum atomic E-state index is 0.460. The average molecular weight is 187 g/mol. The van der Waals surface area contributed by atoms with Crippen LogP contribution in [0.5, 0.6) is 0 Å². The van der Waals surface area contributed by atoms with Crippen LogP contribution in [-0.2, 0) is 0 Å². The topological polar surface area (TPSA) is 12.4 Å². The van der Waals surface area contributed by atoms with E-state index in [-0.39, 0.29) is 0 Å². The second-order valence-electron chi connectivity index (χ2n) is 4.30. The predicted octanol–water partition coefficient (Wildman–Crippen LogP) is 3.41. The fourth-order valence-electron chi connectivity index (χ4n) is 1.94. The third-order valence-corrected chi connectivity index (χ3v) is 2.68. The molecule has 1 saturated carbocycles. The smallest absolute Gasteiger partial charge is 0.0442 e. The minimum absolute atomic E-state index is 0.460. The zero-order valence-corrected chi connectivity index (χ0v) is 8.90. The number of rotatable bonds is 2. The zero-order chi connectivity index (χ0) is 9.97. The highest BCUT2D eigenvalue weighted by Gasteiger charge is 2.25. The van der Waals surface area contributed by atoms with Crippen molar-refractivity contribution in [2.75, 3.05) is 0 Å². The summed E-state index contributed by atoms with van der Waals surface area (Å²) >= 11 is 0. The molecular weight excluding hydrogens is 170 g/mol. The molecule has 1 nitrogen and oxygen atoms in total. The van der Waals surface area contributed by atoms with Crippen LogP contribution in [0.15, 0.2) is 35.3 Å². The molecule has 74 valence electrons. The highest BCUT2D eigenvalue weighted by atomic mass is 14.8. The van der Waals surface area contributed by atoms with Crippen LogP contribution in [0.3, 0.4) is 0 Å². The second-order valence-corrected chi connectivity index (χ2v) is 4.30. The monoisotopic (exact) mass is 187 g/mol. The van der Waals surface area contributed by atoms with Crippen molar-refractivity contribution in [1.82, 2.24) is 0 Å². The number of hydrogen-bond acceptors (Lipinski definition) is 1. The third kappa shape index (κ3) is 2.03. The van der Waals surface area contributed by atoms with Gasteiger partial charge in [0.15, 0.2) is 0 Å². The molecule has 0 unspecified atom stereocenters. The van der Waals surface area contributed by atoms with Crippen molar-refractivity contribution in [3.05, 3.63) is 35.9 Å². The van der Waals surface area contributed by atoms with E-state index in [1.54, 1.807) is 0 Å². The first-order chi connectivity index (χ1) is 6.75. The number of hydrogen-bond donors (Lipinski definition) is 0. The predicted molar refractivity (Wildman–Crippen MR) is 61.0 cm³/mol. The van der Waals surface area contributed by atoms with Gasteiger partial charge in [0.1, 0.15) is 0 Å². The molecule has 1 aliphatic carbocycles. The van der Waals surface area contributed by atoms with E-state index in [0.29, 0.717) is 6.04 Å². The first-order valence-electron chi connectivity index (χ1n) is 5.36. The van der Waals surface area contributed by atoms with Crippen molar-refractivity contribution in [2.24, 2.45) is 4.99 Å². The molecule has 0 radical (unpaired) electrons. The Morgan fingerprint density at radius 2 is 1.79 bits per heavy atom. The van der Waals surface area contributed by atoms with E-state index in [1.807, 2.05) is 0 Å². The Balaban J connectivity index is 1.96. The molecule has 1 fully saturated rings. The van der Waals surface area contributed by atoms with Crippen molar-refractivity contribution in [1.29, 1.82) is 0 Å². The van der Waals surface area contributed by atoms with Crippen molar-refractivity contribution < 1.29 is 0 Å². The highest BCUT2D eigenvalue weighted by molar-refractivity contribution is 5.91. The summed E-state index contributed by atoms with van der Waals surface area (Å²) in [5.74, 6) is 0.730. The van der Waals surface area contributed by atoms with E-state index >= 15 is 0 Å². The summed E-state index contributed by atoms with van der Waals surface area (Å²) in [6.07, 6.45) is 2.34. The Morgan fingerprint density at radius 1 is 1.14 bits per heavy atom. The molecule has 0 aromatic heterocycles. The van der Waals surface area contributed by atoms with E-state index < -0.39 is 0 Å². The fraction of sp³-hybridized carbons (Fsp3) is 0.462. The van der Waals surface area contributed by atoms with Gasteiger partial charge in [-0.3, -0.25) is 4.99 Å². The summed E-state index contributed by atoms with van der Waals surface area (Å²) in [7, 11) is 0. The summed E-state index contributed by atoms with van der Waals surface area (Å²) in [4.78, 5) is 4.58. The summed E-state index contributed by atoms with van der Waals surface area (Å²) < 4.78 is 0. The molecule has 0 atom stereocenters. The molecule has 0 N–H and O–H groups in total. The molecule has 0 amide bonds. The summed E-state index contributed by atoms with van der Waals surface area (Å²) in [5, 5.41) is 0.